The van der Waals surface area contributed by atoms with Gasteiger partial charge < -0.3 is 5.11 Å². The van der Waals surface area contributed by atoms with Gasteiger partial charge in [0.05, 0.1) is 17.3 Å². The number of hydrogen-bond acceptors (Lipinski definition) is 5. The number of thiazole rings is 1. The van der Waals surface area contributed by atoms with Crippen molar-refractivity contribution in [3.05, 3.63) is 35.5 Å². The third-order valence-corrected chi connectivity index (χ3v) is 4.67. The first-order valence-corrected chi connectivity index (χ1v) is 7.91. The van der Waals surface area contributed by atoms with Crippen molar-refractivity contribution in [1.29, 1.82) is 0 Å². The molecule has 2 aromatic rings. The van der Waals surface area contributed by atoms with E-state index >= 15 is 0 Å². The van der Waals surface area contributed by atoms with Gasteiger partial charge in [-0.15, -0.1) is 11.3 Å². The number of carboxylic acid groups (broad SMARTS) is 1. The number of rotatable bonds is 4. The minimum Gasteiger partial charge on any atom is -0.481 e. The van der Waals surface area contributed by atoms with Crippen molar-refractivity contribution in [2.45, 2.75) is 19.4 Å². The predicted octanol–water partition coefficient (Wildman–Crippen LogP) is 2.50. The van der Waals surface area contributed by atoms with E-state index in [0.29, 0.717) is 0 Å². The topological polar surface area (TPSA) is 66.3 Å². The molecule has 1 aliphatic rings. The van der Waals surface area contributed by atoms with Gasteiger partial charge in [-0.2, -0.15) is 0 Å². The molecule has 0 aromatic carbocycles. The quantitative estimate of drug-likeness (QED) is 0.940. The number of aromatic nitrogens is 2. The average molecular weight is 303 g/mol. The van der Waals surface area contributed by atoms with Crippen molar-refractivity contribution < 1.29 is 9.90 Å². The SMILES string of the molecule is O=C(O)C1CCN(Cc2csc(-c3ccccn3)n2)CC1. The molecule has 5 nitrogen and oxygen atoms in total. The lowest BCUT2D eigenvalue weighted by molar-refractivity contribution is -0.143. The zero-order chi connectivity index (χ0) is 14.7. The molecule has 3 heterocycles. The number of pyridine rings is 1. The highest BCUT2D eigenvalue weighted by Gasteiger charge is 2.24. The fraction of sp³-hybridized carbons (Fsp3) is 0.400. The molecule has 0 spiro atoms. The molecule has 1 fully saturated rings. The van der Waals surface area contributed by atoms with Crippen molar-refractivity contribution >= 4 is 17.3 Å². The van der Waals surface area contributed by atoms with Crippen LogP contribution < -0.4 is 0 Å². The van der Waals surface area contributed by atoms with E-state index in [4.69, 9.17) is 5.11 Å². The molecular formula is C15H17N3O2S. The number of carboxylic acids is 1. The molecule has 0 radical (unpaired) electrons. The van der Waals surface area contributed by atoms with E-state index < -0.39 is 5.97 Å². The number of likely N-dealkylation sites (tertiary alicyclic amines) is 1. The first-order chi connectivity index (χ1) is 10.2. The molecule has 2 aromatic heterocycles. The van der Waals surface area contributed by atoms with E-state index in [0.717, 1.165) is 48.9 Å². The van der Waals surface area contributed by atoms with Gasteiger partial charge in [-0.1, -0.05) is 6.07 Å². The lowest BCUT2D eigenvalue weighted by atomic mass is 9.97. The molecule has 1 N–H and O–H groups in total. The van der Waals surface area contributed by atoms with Crippen molar-refractivity contribution in [2.24, 2.45) is 5.92 Å². The van der Waals surface area contributed by atoms with E-state index in [9.17, 15) is 4.79 Å². The lowest BCUT2D eigenvalue weighted by Crippen LogP contribution is -2.35. The Hall–Kier alpha value is -1.79. The van der Waals surface area contributed by atoms with Crippen LogP contribution in [0.15, 0.2) is 29.8 Å². The largest absolute Gasteiger partial charge is 0.481 e. The fourth-order valence-corrected chi connectivity index (χ4v) is 3.34. The van der Waals surface area contributed by atoms with Gasteiger partial charge in [-0.3, -0.25) is 14.7 Å². The van der Waals surface area contributed by atoms with Crippen LogP contribution in [0, 0.1) is 5.92 Å². The molecule has 1 saturated heterocycles. The predicted molar refractivity (Wildman–Crippen MR) is 81.0 cm³/mol. The standard InChI is InChI=1S/C15H17N3O2S/c19-15(20)11-4-7-18(8-5-11)9-12-10-21-14(17-12)13-3-1-2-6-16-13/h1-3,6,10-11H,4-5,7-9H2,(H,19,20). The van der Waals surface area contributed by atoms with E-state index in [2.05, 4.69) is 20.2 Å². The Balaban J connectivity index is 1.60. The molecule has 0 atom stereocenters. The van der Waals surface area contributed by atoms with Crippen LogP contribution in [-0.2, 0) is 11.3 Å². The van der Waals surface area contributed by atoms with Crippen LogP contribution in [0.2, 0.25) is 0 Å². The summed E-state index contributed by atoms with van der Waals surface area (Å²) < 4.78 is 0. The second-order valence-electron chi connectivity index (χ2n) is 5.25. The molecule has 110 valence electrons. The Morgan fingerprint density at radius 2 is 2.19 bits per heavy atom. The van der Waals surface area contributed by atoms with Crippen LogP contribution in [0.3, 0.4) is 0 Å². The zero-order valence-corrected chi connectivity index (χ0v) is 12.4. The van der Waals surface area contributed by atoms with Crippen LogP contribution in [0.1, 0.15) is 18.5 Å². The summed E-state index contributed by atoms with van der Waals surface area (Å²) in [6, 6.07) is 5.81. The van der Waals surface area contributed by atoms with Gasteiger partial charge in [0, 0.05) is 18.1 Å². The monoisotopic (exact) mass is 303 g/mol. The maximum Gasteiger partial charge on any atom is 0.306 e. The molecule has 3 rings (SSSR count). The molecule has 0 unspecified atom stereocenters. The third-order valence-electron chi connectivity index (χ3n) is 3.76. The number of nitrogens with zero attached hydrogens (tertiary/aromatic N) is 3. The van der Waals surface area contributed by atoms with Gasteiger partial charge >= 0.3 is 5.97 Å². The van der Waals surface area contributed by atoms with Crippen LogP contribution in [0.4, 0.5) is 0 Å². The zero-order valence-electron chi connectivity index (χ0n) is 11.6. The van der Waals surface area contributed by atoms with Gasteiger partial charge in [0.2, 0.25) is 0 Å². The maximum absolute atomic E-state index is 10.9. The van der Waals surface area contributed by atoms with Crippen molar-refractivity contribution in [3.8, 4) is 10.7 Å². The summed E-state index contributed by atoms with van der Waals surface area (Å²) in [4.78, 5) is 22.2. The summed E-state index contributed by atoms with van der Waals surface area (Å²) >= 11 is 1.60. The van der Waals surface area contributed by atoms with Crippen molar-refractivity contribution in [1.82, 2.24) is 14.9 Å². The Kier molecular flexibility index (Phi) is 4.26. The Morgan fingerprint density at radius 1 is 1.38 bits per heavy atom. The molecule has 0 amide bonds. The first kappa shape index (κ1) is 14.2. The van der Waals surface area contributed by atoms with Gasteiger partial charge in [-0.25, -0.2) is 4.98 Å². The molecule has 0 saturated carbocycles. The number of carbonyl (C=O) groups is 1. The summed E-state index contributed by atoms with van der Waals surface area (Å²) in [7, 11) is 0. The van der Waals surface area contributed by atoms with Gasteiger partial charge in [-0.05, 0) is 38.1 Å². The van der Waals surface area contributed by atoms with Crippen LogP contribution >= 0.6 is 11.3 Å². The Morgan fingerprint density at radius 3 is 2.86 bits per heavy atom. The number of piperidine rings is 1. The molecule has 0 bridgehead atoms. The van der Waals surface area contributed by atoms with E-state index in [1.807, 2.05) is 18.2 Å². The van der Waals surface area contributed by atoms with E-state index in [1.165, 1.54) is 0 Å². The Bertz CT molecular complexity index is 606. The number of hydrogen-bond donors (Lipinski definition) is 1. The first-order valence-electron chi connectivity index (χ1n) is 7.03. The lowest BCUT2D eigenvalue weighted by Gasteiger charge is -2.29. The van der Waals surface area contributed by atoms with Gasteiger partial charge in [0.1, 0.15) is 5.01 Å². The molecular weight excluding hydrogens is 286 g/mol. The van der Waals surface area contributed by atoms with Crippen LogP contribution in [0.5, 0.6) is 0 Å². The van der Waals surface area contributed by atoms with Crippen molar-refractivity contribution in [2.75, 3.05) is 13.1 Å². The van der Waals surface area contributed by atoms with Crippen molar-refractivity contribution in [3.63, 3.8) is 0 Å². The highest BCUT2D eigenvalue weighted by atomic mass is 32.1. The summed E-state index contributed by atoms with van der Waals surface area (Å²) in [5.41, 5.74) is 1.94. The summed E-state index contributed by atoms with van der Waals surface area (Å²) in [5.74, 6) is -0.846. The van der Waals surface area contributed by atoms with Crippen LogP contribution in [0.25, 0.3) is 10.7 Å². The molecule has 6 heteroatoms. The van der Waals surface area contributed by atoms with Gasteiger partial charge in [0.25, 0.3) is 0 Å². The number of aliphatic carboxylic acids is 1. The van der Waals surface area contributed by atoms with E-state index in [-0.39, 0.29) is 5.92 Å². The smallest absolute Gasteiger partial charge is 0.306 e. The van der Waals surface area contributed by atoms with Crippen LogP contribution in [-0.4, -0.2) is 39.0 Å². The second kappa shape index (κ2) is 6.32. The minimum absolute atomic E-state index is 0.180. The molecule has 0 aliphatic carbocycles. The second-order valence-corrected chi connectivity index (χ2v) is 6.11. The summed E-state index contributed by atoms with van der Waals surface area (Å²) in [6.07, 6.45) is 3.23. The highest BCUT2D eigenvalue weighted by molar-refractivity contribution is 7.13. The Labute approximate surface area is 127 Å². The third kappa shape index (κ3) is 3.46. The maximum atomic E-state index is 10.9. The summed E-state index contributed by atoms with van der Waals surface area (Å²) in [5, 5.41) is 12.0. The molecule has 21 heavy (non-hydrogen) atoms. The van der Waals surface area contributed by atoms with Gasteiger partial charge in [0.15, 0.2) is 0 Å². The highest BCUT2D eigenvalue weighted by Crippen LogP contribution is 2.24. The normalized spacial score (nSPS) is 17.0. The molecule has 1 aliphatic heterocycles. The summed E-state index contributed by atoms with van der Waals surface area (Å²) in [6.45, 7) is 2.44. The minimum atomic E-state index is -0.666. The fourth-order valence-electron chi connectivity index (χ4n) is 2.55. The average Bonchev–Trinajstić information content (AvgIpc) is 2.97. The van der Waals surface area contributed by atoms with E-state index in [1.54, 1.807) is 17.5 Å².